The number of hydrogen-bond acceptors (Lipinski definition) is 3. The van der Waals surface area contributed by atoms with Crippen LogP contribution in [0.5, 0.6) is 0 Å². The highest BCUT2D eigenvalue weighted by atomic mass is 19.1. The van der Waals surface area contributed by atoms with Gasteiger partial charge >= 0.3 is 0 Å². The van der Waals surface area contributed by atoms with Crippen LogP contribution in [0.1, 0.15) is 38.7 Å². The molecule has 2 atom stereocenters. The maximum absolute atomic E-state index is 13.8. The average molecular weight is 319 g/mol. The second kappa shape index (κ2) is 8.44. The minimum absolute atomic E-state index is 0.0922. The first-order valence-electron chi connectivity index (χ1n) is 8.46. The van der Waals surface area contributed by atoms with Gasteiger partial charge in [0.05, 0.1) is 18.5 Å². The van der Waals surface area contributed by atoms with Crippen molar-refractivity contribution in [1.29, 1.82) is 0 Å². The van der Waals surface area contributed by atoms with Crippen LogP contribution in [0.3, 0.4) is 0 Å². The Morgan fingerprint density at radius 3 is 2.70 bits per heavy atom. The maximum atomic E-state index is 13.8. The zero-order valence-corrected chi connectivity index (χ0v) is 14.1. The predicted octanol–water partition coefficient (Wildman–Crippen LogP) is 3.33. The largest absolute Gasteiger partial charge is 0.393 e. The lowest BCUT2D eigenvalue weighted by atomic mass is 9.89. The van der Waals surface area contributed by atoms with Gasteiger partial charge in [0.1, 0.15) is 5.67 Å². The first-order chi connectivity index (χ1) is 10.9. The Hall–Kier alpha value is -1.42. The number of hydrogen-bond donors (Lipinski definition) is 2. The molecule has 1 heterocycles. The molecule has 4 heteroatoms. The Balaban J connectivity index is 1.85. The average Bonchev–Trinajstić information content (AvgIpc) is 3.04. The van der Waals surface area contributed by atoms with Crippen LogP contribution in [0.2, 0.25) is 0 Å². The van der Waals surface area contributed by atoms with Gasteiger partial charge < -0.3 is 10.4 Å². The summed E-state index contributed by atoms with van der Waals surface area (Å²) in [6.07, 6.45) is 3.93. The molecule has 1 aliphatic rings. The van der Waals surface area contributed by atoms with Crippen molar-refractivity contribution in [2.75, 3.05) is 13.1 Å². The number of nitrogens with one attached hydrogen (secondary N) is 1. The highest BCUT2D eigenvalue weighted by molar-refractivity contribution is 5.85. The van der Waals surface area contributed by atoms with Crippen LogP contribution >= 0.6 is 0 Å². The van der Waals surface area contributed by atoms with Gasteiger partial charge in [-0.15, -0.1) is 0 Å². The van der Waals surface area contributed by atoms with Crippen LogP contribution < -0.4 is 5.32 Å². The normalized spacial score (nSPS) is 17.5. The third kappa shape index (κ3) is 6.69. The van der Waals surface area contributed by atoms with E-state index >= 15 is 0 Å². The molecule has 0 saturated heterocycles. The number of halogens is 1. The molecule has 2 N–H and O–H groups in total. The van der Waals surface area contributed by atoms with E-state index in [9.17, 15) is 9.50 Å². The lowest BCUT2D eigenvalue weighted by Gasteiger charge is -2.23. The number of nitrogens with zero attached hydrogens (tertiary/aromatic N) is 1. The van der Waals surface area contributed by atoms with Crippen molar-refractivity contribution in [2.24, 2.45) is 10.9 Å². The summed E-state index contributed by atoms with van der Waals surface area (Å²) >= 11 is 0. The Bertz CT molecular complexity index is 496. The number of rotatable bonds is 9. The molecule has 127 valence electrons. The van der Waals surface area contributed by atoms with Gasteiger partial charge in [-0.05, 0) is 51.5 Å². The Labute approximate surface area is 139 Å². The molecule has 0 aliphatic carbocycles. The highest BCUT2D eigenvalue weighted by Gasteiger charge is 2.25. The molecule has 1 aromatic rings. The quantitative estimate of drug-likeness (QED) is 0.733. The summed E-state index contributed by atoms with van der Waals surface area (Å²) in [5, 5.41) is 13.6. The fourth-order valence-corrected chi connectivity index (χ4v) is 2.85. The van der Waals surface area contributed by atoms with E-state index in [4.69, 9.17) is 0 Å². The third-order valence-electron chi connectivity index (χ3n) is 4.17. The van der Waals surface area contributed by atoms with E-state index < -0.39 is 11.8 Å². The minimum atomic E-state index is -1.18. The van der Waals surface area contributed by atoms with Crippen LogP contribution in [-0.2, 0) is 6.42 Å². The van der Waals surface area contributed by atoms with Crippen LogP contribution in [0, 0.1) is 12.3 Å². The fraction of sp³-hybridized carbons (Fsp3) is 0.579. The summed E-state index contributed by atoms with van der Waals surface area (Å²) < 4.78 is 13.8. The first-order valence-corrected chi connectivity index (χ1v) is 8.46. The summed E-state index contributed by atoms with van der Waals surface area (Å²) in [6.45, 7) is 4.82. The Kier molecular flexibility index (Phi) is 6.58. The summed E-state index contributed by atoms with van der Waals surface area (Å²) in [5.74, 6) is 1.02. The van der Waals surface area contributed by atoms with Gasteiger partial charge in [0, 0.05) is 12.5 Å². The van der Waals surface area contributed by atoms with Gasteiger partial charge in [0.15, 0.2) is 0 Å². The first kappa shape index (κ1) is 17.9. The molecule has 2 unspecified atom stereocenters. The monoisotopic (exact) mass is 319 g/mol. The van der Waals surface area contributed by atoms with Gasteiger partial charge in [-0.2, -0.15) is 0 Å². The molecule has 0 saturated carbocycles. The molecule has 3 nitrogen and oxygen atoms in total. The van der Waals surface area contributed by atoms with Gasteiger partial charge in [-0.3, -0.25) is 4.99 Å². The molecular formula is C19H28FN2O. The summed E-state index contributed by atoms with van der Waals surface area (Å²) in [4.78, 5) is 4.47. The van der Waals surface area contributed by atoms with Crippen LogP contribution in [0.4, 0.5) is 4.39 Å². The van der Waals surface area contributed by atoms with Crippen molar-refractivity contribution in [2.45, 2.75) is 51.3 Å². The minimum Gasteiger partial charge on any atom is -0.393 e. The van der Waals surface area contributed by atoms with E-state index in [0.29, 0.717) is 19.3 Å². The number of alkyl halides is 1. The van der Waals surface area contributed by atoms with Crippen molar-refractivity contribution in [3.63, 3.8) is 0 Å². The zero-order valence-electron chi connectivity index (χ0n) is 14.1. The van der Waals surface area contributed by atoms with Crippen LogP contribution in [-0.4, -0.2) is 35.8 Å². The van der Waals surface area contributed by atoms with Gasteiger partial charge in [-0.25, -0.2) is 4.39 Å². The molecule has 0 aromatic heterocycles. The van der Waals surface area contributed by atoms with Crippen molar-refractivity contribution < 1.29 is 9.50 Å². The predicted molar refractivity (Wildman–Crippen MR) is 93.3 cm³/mol. The van der Waals surface area contributed by atoms with Crippen molar-refractivity contribution in [1.82, 2.24) is 5.32 Å². The second-order valence-corrected chi connectivity index (χ2v) is 6.88. The van der Waals surface area contributed by atoms with Gasteiger partial charge in [0.25, 0.3) is 0 Å². The highest BCUT2D eigenvalue weighted by Crippen LogP contribution is 2.25. The van der Waals surface area contributed by atoms with Crippen molar-refractivity contribution >= 4 is 5.84 Å². The maximum Gasteiger partial charge on any atom is 0.105 e. The van der Waals surface area contributed by atoms with Crippen LogP contribution in [0.15, 0.2) is 35.3 Å². The van der Waals surface area contributed by atoms with E-state index in [1.165, 1.54) is 5.56 Å². The van der Waals surface area contributed by atoms with Crippen molar-refractivity contribution in [3.05, 3.63) is 42.3 Å². The standard InChI is InChI=1S/C19H28FN2O/c1-19(2,20)11-10-16(18-21-12-13-22-18)14-17(23)9-8-15-6-4-3-5-7-15/h3-7,9,16-17,23H,8,10-14H2,1-2H3,(H,21,22). The van der Waals surface area contributed by atoms with Gasteiger partial charge in [0.2, 0.25) is 0 Å². The number of aliphatic hydroxyl groups excluding tert-OH is 1. The molecule has 0 amide bonds. The molecule has 0 spiro atoms. The number of aliphatic imine (C=N–C) groups is 1. The molecule has 23 heavy (non-hydrogen) atoms. The Morgan fingerprint density at radius 1 is 1.35 bits per heavy atom. The number of amidine groups is 1. The summed E-state index contributed by atoms with van der Waals surface area (Å²) in [7, 11) is 0. The van der Waals surface area contributed by atoms with E-state index in [-0.39, 0.29) is 5.92 Å². The second-order valence-electron chi connectivity index (χ2n) is 6.88. The SMILES string of the molecule is CC(C)(F)CCC(CC(O)[CH]Cc1ccccc1)C1=NCCN1. The van der Waals surface area contributed by atoms with E-state index in [0.717, 1.165) is 25.3 Å². The topological polar surface area (TPSA) is 44.6 Å². The summed E-state index contributed by atoms with van der Waals surface area (Å²) in [5.41, 5.74) is 0.000154. The van der Waals surface area contributed by atoms with Crippen LogP contribution in [0.25, 0.3) is 0 Å². The van der Waals surface area contributed by atoms with E-state index in [2.05, 4.69) is 22.4 Å². The number of benzene rings is 1. The molecule has 0 fully saturated rings. The molecule has 2 rings (SSSR count). The lowest BCUT2D eigenvalue weighted by molar-refractivity contribution is 0.160. The van der Waals surface area contributed by atoms with Crippen molar-refractivity contribution in [3.8, 4) is 0 Å². The molecular weight excluding hydrogens is 291 g/mol. The zero-order chi connectivity index (χ0) is 16.7. The molecule has 1 aliphatic heterocycles. The van der Waals surface area contributed by atoms with Gasteiger partial charge in [-0.1, -0.05) is 30.3 Å². The van der Waals surface area contributed by atoms with E-state index in [1.807, 2.05) is 24.6 Å². The summed E-state index contributed by atoms with van der Waals surface area (Å²) in [6, 6.07) is 10.1. The molecule has 1 aromatic carbocycles. The molecule has 1 radical (unpaired) electrons. The lowest BCUT2D eigenvalue weighted by Crippen LogP contribution is -2.31. The number of aliphatic hydroxyl groups is 1. The Morgan fingerprint density at radius 2 is 2.09 bits per heavy atom. The third-order valence-corrected chi connectivity index (χ3v) is 4.17. The smallest absolute Gasteiger partial charge is 0.105 e. The van der Waals surface area contributed by atoms with E-state index in [1.54, 1.807) is 13.8 Å². The fourth-order valence-electron chi connectivity index (χ4n) is 2.85. The molecule has 0 bridgehead atoms.